The van der Waals surface area contributed by atoms with Crippen molar-refractivity contribution in [2.75, 3.05) is 40.9 Å². The molecule has 0 fully saturated rings. The van der Waals surface area contributed by atoms with E-state index in [1.54, 1.807) is 76.4 Å². The topological polar surface area (TPSA) is 528 Å². The maximum atomic E-state index is 15.5. The summed E-state index contributed by atoms with van der Waals surface area (Å²) in [4.78, 5) is 223. The van der Waals surface area contributed by atoms with Crippen molar-refractivity contribution in [1.29, 1.82) is 0 Å². The van der Waals surface area contributed by atoms with Crippen LogP contribution >= 0.6 is 0 Å². The molecule has 0 unspecified atom stereocenters. The number of likely N-dealkylation sites (N-methyl/N-ethyl adjacent to an activating group) is 3. The fourth-order valence-electron chi connectivity index (χ4n) is 13.8. The quantitative estimate of drug-likeness (QED) is 0.0239. The van der Waals surface area contributed by atoms with E-state index in [4.69, 9.17) is 5.73 Å². The molecule has 37 heteroatoms. The second-order valence-corrected chi connectivity index (χ2v) is 31.7. The van der Waals surface area contributed by atoms with Gasteiger partial charge in [-0.25, -0.2) is 14.1 Å². The molecule has 0 saturated heterocycles. The van der Waals surface area contributed by atoms with Crippen LogP contribution < -0.4 is 48.3 Å². The van der Waals surface area contributed by atoms with Gasteiger partial charge >= 0.3 is 0 Å². The molecule has 3 heterocycles. The number of phenols is 2. The average Bonchev–Trinajstić information content (AvgIpc) is 1.38. The highest BCUT2D eigenvalue weighted by Crippen LogP contribution is 2.28. The number of primary amides is 1. The number of hydrogen-bond acceptors (Lipinski definition) is 22. The number of nitrogens with two attached hydrogens (primary N) is 1. The Balaban J connectivity index is 1.16. The van der Waals surface area contributed by atoms with E-state index in [-0.39, 0.29) is 67.2 Å². The molecule has 0 bridgehead atoms. The van der Waals surface area contributed by atoms with Gasteiger partial charge in [0.25, 0.3) is 0 Å². The van der Waals surface area contributed by atoms with Crippen LogP contribution in [-0.2, 0) is 111 Å². The third kappa shape index (κ3) is 28.6. The first-order valence-corrected chi connectivity index (χ1v) is 40.2. The first kappa shape index (κ1) is 97.7. The van der Waals surface area contributed by atoms with Crippen molar-refractivity contribution < 1.29 is 96.7 Å². The zero-order valence-corrected chi connectivity index (χ0v) is 70.8. The number of pyridine rings is 1. The molecular formula is C87H110FN17O19. The second-order valence-electron chi connectivity index (χ2n) is 31.7. The predicted octanol–water partition coefficient (Wildman–Crippen LogP) is 1.25. The fourth-order valence-corrected chi connectivity index (χ4v) is 13.8. The number of benzene rings is 4. The summed E-state index contributed by atoms with van der Waals surface area (Å²) in [5.41, 5.74) is 6.70. The van der Waals surface area contributed by atoms with E-state index in [0.717, 1.165) is 32.9 Å². The Bertz CT molecular complexity index is 4940. The number of hydrogen-bond donors (Lipinski definition) is 14. The van der Waals surface area contributed by atoms with Crippen molar-refractivity contribution in [1.82, 2.24) is 82.2 Å². The molecule has 36 nitrogen and oxygen atoms in total. The Labute approximate surface area is 715 Å². The zero-order chi connectivity index (χ0) is 91.4. The monoisotopic (exact) mass is 1720 g/mol. The minimum atomic E-state index is -1.63. The summed E-state index contributed by atoms with van der Waals surface area (Å²) in [6.45, 7) is 11.1. The van der Waals surface area contributed by atoms with Crippen molar-refractivity contribution in [2.45, 2.75) is 180 Å². The van der Waals surface area contributed by atoms with Crippen LogP contribution in [0.2, 0.25) is 0 Å². The number of phenolic OH excluding ortho intramolecular Hbond substituents is 2. The molecular weight excluding hydrogens is 1610 g/mol. The number of Topliss-reactive ketones (excluding diaryl/α,β-unsaturated/α-hetero) is 3. The van der Waals surface area contributed by atoms with Crippen molar-refractivity contribution in [3.8, 4) is 11.5 Å². The third-order valence-electron chi connectivity index (χ3n) is 21.0. The molecule has 0 spiro atoms. The summed E-state index contributed by atoms with van der Waals surface area (Å²) in [7, 11) is 3.76. The number of aromatic hydroxyl groups is 2. The number of nitrogens with zero attached hydrogens (tertiary/aromatic N) is 7. The van der Waals surface area contributed by atoms with Crippen molar-refractivity contribution in [2.24, 2.45) is 23.0 Å². The van der Waals surface area contributed by atoms with E-state index < -0.39 is 205 Å². The molecule has 0 saturated carbocycles. The fraction of sp³-hybridized carbons (Fsp3) is 0.425. The summed E-state index contributed by atoms with van der Waals surface area (Å²) in [6.07, 6.45) is 3.81. The first-order valence-electron chi connectivity index (χ1n) is 40.2. The van der Waals surface area contributed by atoms with Gasteiger partial charge in [0.15, 0.2) is 11.6 Å². The van der Waals surface area contributed by atoms with Gasteiger partial charge in [0.1, 0.15) is 76.7 Å². The lowest BCUT2D eigenvalue weighted by molar-refractivity contribution is -0.147. The van der Waals surface area contributed by atoms with Crippen LogP contribution in [0.5, 0.6) is 11.5 Å². The number of aromatic nitrogens is 5. The van der Waals surface area contributed by atoms with Gasteiger partial charge in [-0.05, 0) is 108 Å². The van der Waals surface area contributed by atoms with Gasteiger partial charge in [0, 0.05) is 95.7 Å². The number of rotatable bonds is 47. The van der Waals surface area contributed by atoms with Gasteiger partial charge < -0.3 is 93.2 Å². The van der Waals surface area contributed by atoms with Crippen LogP contribution in [0.3, 0.4) is 0 Å². The SMILES string of the molecule is C=CC(=O)NCc1cn(C[C@H](NC(=O)[C@H](C)CC(=O)[C@@H](NC(=O)[C@H](Cc2ccc(O)cc2)NC(=O)[C@H](CO)NC(=O)[C@H](CCC)CC(C)=O)C(C)(C)C)C(=O)N(C)[C@@H](C)C(=O)C[C@H](C(=O)N[C@@H](Cc2c[nH]c3ncccc23)C(=O)N[C@@H](Cc2ccc(O)cc2)C(=O)N(C)[C@@H](Cc2ccc(F)cc2)C(=O)N(C)CC(=O)N[C@@H](CO)C(N)=O)c2ccccc2)nn1. The predicted molar refractivity (Wildman–Crippen MR) is 450 cm³/mol. The van der Waals surface area contributed by atoms with Crippen LogP contribution in [0.25, 0.3) is 11.0 Å². The number of carbonyl (C=O) groups excluding carboxylic acids is 15. The maximum Gasteiger partial charge on any atom is 0.247 e. The number of ketones is 3. The minimum absolute atomic E-state index is 0.110. The van der Waals surface area contributed by atoms with Crippen LogP contribution in [-0.4, -0.2) is 244 Å². The molecule has 0 aliphatic rings. The molecule has 124 heavy (non-hydrogen) atoms. The molecule has 7 rings (SSSR count). The van der Waals surface area contributed by atoms with E-state index in [9.17, 15) is 72.8 Å². The molecule has 3 aromatic heterocycles. The smallest absolute Gasteiger partial charge is 0.247 e. The van der Waals surface area contributed by atoms with Gasteiger partial charge in [-0.15, -0.1) is 5.10 Å². The minimum Gasteiger partial charge on any atom is -0.508 e. The molecule has 4 aromatic carbocycles. The summed E-state index contributed by atoms with van der Waals surface area (Å²) >= 11 is 0. The van der Waals surface area contributed by atoms with Crippen LogP contribution in [0.4, 0.5) is 4.39 Å². The number of H-pyrrole nitrogens is 1. The number of amides is 12. The number of carbonyl (C=O) groups is 15. The van der Waals surface area contributed by atoms with Crippen molar-refractivity contribution in [3.05, 3.63) is 186 Å². The molecule has 12 atom stereocenters. The van der Waals surface area contributed by atoms with Gasteiger partial charge in [0.05, 0.1) is 57.0 Å². The van der Waals surface area contributed by atoms with E-state index in [1.807, 2.05) is 0 Å². The Hall–Kier alpha value is -13.5. The molecule has 664 valence electrons. The Morgan fingerprint density at radius 3 is 1.74 bits per heavy atom. The molecule has 12 amide bonds. The molecule has 0 aliphatic heterocycles. The van der Waals surface area contributed by atoms with Crippen molar-refractivity contribution >= 4 is 99.3 Å². The van der Waals surface area contributed by atoms with Crippen LogP contribution in [0, 0.1) is 23.1 Å². The molecule has 7 aromatic rings. The summed E-state index contributed by atoms with van der Waals surface area (Å²) in [5, 5.41) is 70.2. The highest BCUT2D eigenvalue weighted by molar-refractivity contribution is 6.01. The van der Waals surface area contributed by atoms with Gasteiger partial charge in [-0.3, -0.25) is 67.1 Å². The van der Waals surface area contributed by atoms with E-state index in [1.165, 1.54) is 120 Å². The van der Waals surface area contributed by atoms with E-state index in [2.05, 4.69) is 69.4 Å². The number of aromatic amines is 1. The van der Waals surface area contributed by atoms with E-state index in [0.29, 0.717) is 46.1 Å². The first-order chi connectivity index (χ1) is 58.7. The number of aliphatic hydroxyl groups is 2. The summed E-state index contributed by atoms with van der Waals surface area (Å²) < 4.78 is 15.6. The van der Waals surface area contributed by atoms with Gasteiger partial charge in [-0.2, -0.15) is 0 Å². The molecule has 0 aliphatic carbocycles. The number of halogens is 1. The Morgan fingerprint density at radius 1 is 0.605 bits per heavy atom. The van der Waals surface area contributed by atoms with E-state index >= 15 is 24.0 Å². The van der Waals surface area contributed by atoms with Gasteiger partial charge in [0.2, 0.25) is 70.9 Å². The number of nitrogens with one attached hydrogen (secondary N) is 9. The average molecular weight is 1720 g/mol. The largest absolute Gasteiger partial charge is 0.508 e. The normalized spacial score (nSPS) is 14.2. The summed E-state index contributed by atoms with van der Waals surface area (Å²) in [5.74, 6) is -16.6. The van der Waals surface area contributed by atoms with Gasteiger partial charge in [-0.1, -0.05) is 120 Å². The molecule has 0 radical (unpaired) electrons. The number of fused-ring (bicyclic) bond motifs is 1. The second kappa shape index (κ2) is 46.0. The lowest BCUT2D eigenvalue weighted by Gasteiger charge is -2.34. The highest BCUT2D eigenvalue weighted by atomic mass is 19.1. The molecule has 15 N–H and O–H groups in total. The summed E-state index contributed by atoms with van der Waals surface area (Å²) in [6, 6.07) is 13.8. The number of aliphatic hydroxyl groups excluding tert-OH is 2. The zero-order valence-electron chi connectivity index (χ0n) is 70.8. The van der Waals surface area contributed by atoms with Crippen LogP contribution in [0.15, 0.2) is 147 Å². The maximum absolute atomic E-state index is 15.5. The van der Waals surface area contributed by atoms with Crippen molar-refractivity contribution in [3.63, 3.8) is 0 Å². The lowest BCUT2D eigenvalue weighted by Crippen LogP contribution is -2.59. The third-order valence-corrected chi connectivity index (χ3v) is 21.0. The highest BCUT2D eigenvalue weighted by Gasteiger charge is 2.42. The Kier molecular flexibility index (Phi) is 36.2. The standard InChI is InChI=1S/C87H110FN17O19/c1-12-18-56(36-50(4)108)79(117)98-69(48-107)83(121)95-64(37-52-24-30-60(109)31-25-52)82(120)99-75(87(6,7)8)72(112)35-49(3)78(116)97-67(45-105-44-59(100-101-105)43-91-73(113)13-2)85(123)103(10)51(5)71(111)41-63(55-19-15-14-16-20-55)80(118)94-65(40-57-42-92-77-62(57)21-17-34-90-77)81(119)96-66(38-53-26-32-61(110)33-27-53)84(122)104(11)70(39-54-22-28-58(88)29-23-54)86(124)102(9)46-74(114)93-68(47-106)76(89)115/h13-17,19-34,42,44,49,51,56,63-70,75,106-107,109-110H,2,12,18,35-41,43,45-48H2,1,3-11H3,(H2,89,115)(H,90,92)(H,91,113)(H,93,114)(H,94,118)(H,95,121)(H,96,119)(H,97,116)(H,98,117)(H,99,120)/t49-,51+,56-,63+,64+,65+,66+,67+,68+,69+,70+,75-/m1/s1. The lowest BCUT2D eigenvalue weighted by atomic mass is 9.81. The van der Waals surface area contributed by atoms with Crippen LogP contribution in [0.1, 0.15) is 120 Å². The Morgan fingerprint density at radius 2 is 1.15 bits per heavy atom.